The summed E-state index contributed by atoms with van der Waals surface area (Å²) in [7, 11) is 0. The van der Waals surface area contributed by atoms with Crippen LogP contribution in [0.1, 0.15) is 5.48 Å². The second kappa shape index (κ2) is 4.31. The standard InChI is InChI=1S/C15H10O5/c16-9-3-1-8(2-4-9)13-7-12(19)15-11(18)5-10(17)6-14(15)20-13/h1-7,16-18H/i1D,2D,3D,4D. The normalized spacial score (nSPS) is 13.6. The second-order valence-electron chi connectivity index (χ2n) is 4.04. The first kappa shape index (κ1) is 8.27. The molecule has 0 saturated carbocycles. The Morgan fingerprint density at radius 2 is 1.65 bits per heavy atom. The Morgan fingerprint density at radius 1 is 0.950 bits per heavy atom. The SMILES string of the molecule is [2H]c1c([2H])c(-c2cc(=O)c3c(O)cc(O)cc3o2)c([2H])c([2H])c1O. The van der Waals surface area contributed by atoms with E-state index in [0.717, 1.165) is 18.2 Å². The summed E-state index contributed by atoms with van der Waals surface area (Å²) in [5, 5.41) is 28.6. The zero-order chi connectivity index (χ0) is 17.8. The van der Waals surface area contributed by atoms with Gasteiger partial charge in [0.25, 0.3) is 0 Å². The van der Waals surface area contributed by atoms with Gasteiger partial charge in [0.1, 0.15) is 34.0 Å². The molecular weight excluding hydrogens is 260 g/mol. The maximum atomic E-state index is 12.2. The number of benzene rings is 2. The van der Waals surface area contributed by atoms with Crippen molar-refractivity contribution in [2.45, 2.75) is 0 Å². The third-order valence-electron chi connectivity index (χ3n) is 2.65. The first-order valence-electron chi connectivity index (χ1n) is 7.52. The zero-order valence-corrected chi connectivity index (χ0v) is 9.89. The maximum absolute atomic E-state index is 12.2. The lowest BCUT2D eigenvalue weighted by Gasteiger charge is -2.05. The molecule has 0 saturated heterocycles. The van der Waals surface area contributed by atoms with Crippen LogP contribution in [0.3, 0.4) is 0 Å². The Hall–Kier alpha value is -2.95. The number of fused-ring (bicyclic) bond motifs is 1. The minimum absolute atomic E-state index is 0.181. The highest BCUT2D eigenvalue weighted by atomic mass is 16.3. The molecule has 0 amide bonds. The molecule has 3 aromatic rings. The van der Waals surface area contributed by atoms with Gasteiger partial charge >= 0.3 is 0 Å². The molecule has 100 valence electrons. The second-order valence-corrected chi connectivity index (χ2v) is 4.04. The van der Waals surface area contributed by atoms with Gasteiger partial charge in [-0.3, -0.25) is 4.79 Å². The van der Waals surface area contributed by atoms with Gasteiger partial charge < -0.3 is 19.7 Å². The Morgan fingerprint density at radius 3 is 2.35 bits per heavy atom. The van der Waals surface area contributed by atoms with Crippen LogP contribution < -0.4 is 5.43 Å². The fraction of sp³-hybridized carbons (Fsp3) is 0. The molecule has 1 heterocycles. The monoisotopic (exact) mass is 274 g/mol. The Balaban J connectivity index is 2.43. The van der Waals surface area contributed by atoms with Crippen LogP contribution in [0.5, 0.6) is 17.2 Å². The number of hydrogen-bond donors (Lipinski definition) is 3. The summed E-state index contributed by atoms with van der Waals surface area (Å²) in [5.41, 5.74) is -1.18. The molecule has 0 spiro atoms. The molecular formula is C15H10O5. The van der Waals surface area contributed by atoms with Gasteiger partial charge in [0.05, 0.1) is 5.48 Å². The topological polar surface area (TPSA) is 90.9 Å². The van der Waals surface area contributed by atoms with Gasteiger partial charge in [0.15, 0.2) is 5.43 Å². The van der Waals surface area contributed by atoms with E-state index in [9.17, 15) is 20.1 Å². The molecule has 5 nitrogen and oxygen atoms in total. The summed E-state index contributed by atoms with van der Waals surface area (Å²) in [5.74, 6) is -1.94. The summed E-state index contributed by atoms with van der Waals surface area (Å²) in [6.45, 7) is 0. The molecule has 0 bridgehead atoms. The lowest BCUT2D eigenvalue weighted by Crippen LogP contribution is -2.00. The molecule has 5 heteroatoms. The molecule has 0 aliphatic heterocycles. The summed E-state index contributed by atoms with van der Waals surface area (Å²) < 4.78 is 36.4. The molecule has 0 unspecified atom stereocenters. The number of hydrogen-bond acceptors (Lipinski definition) is 5. The quantitative estimate of drug-likeness (QED) is 0.634. The fourth-order valence-electron chi connectivity index (χ4n) is 1.81. The zero-order valence-electron chi connectivity index (χ0n) is 13.9. The average Bonchev–Trinajstić information content (AvgIpc) is 2.50. The van der Waals surface area contributed by atoms with Gasteiger partial charge in [-0.2, -0.15) is 0 Å². The van der Waals surface area contributed by atoms with Crippen LogP contribution in [0, 0.1) is 0 Å². The van der Waals surface area contributed by atoms with Gasteiger partial charge in [-0.1, -0.05) is 0 Å². The predicted octanol–water partition coefficient (Wildman–Crippen LogP) is 2.58. The Bertz CT molecular complexity index is 1030. The number of aromatic hydroxyl groups is 3. The van der Waals surface area contributed by atoms with E-state index in [-0.39, 0.29) is 28.0 Å². The van der Waals surface area contributed by atoms with Crippen LogP contribution in [0.15, 0.2) is 51.6 Å². The Kier molecular flexibility index (Phi) is 1.78. The van der Waals surface area contributed by atoms with Gasteiger partial charge in [-0.25, -0.2) is 0 Å². The predicted molar refractivity (Wildman–Crippen MR) is 72.9 cm³/mol. The van der Waals surface area contributed by atoms with E-state index < -0.39 is 41.1 Å². The number of phenolic OH excluding ortho intramolecular Hbond substituents is 3. The van der Waals surface area contributed by atoms with Gasteiger partial charge in [-0.15, -0.1) is 0 Å². The molecule has 0 fully saturated rings. The highest BCUT2D eigenvalue weighted by Crippen LogP contribution is 2.30. The van der Waals surface area contributed by atoms with Crippen molar-refractivity contribution in [1.29, 1.82) is 0 Å². The van der Waals surface area contributed by atoms with E-state index in [1.807, 2.05) is 0 Å². The van der Waals surface area contributed by atoms with Crippen molar-refractivity contribution in [2.75, 3.05) is 0 Å². The van der Waals surface area contributed by atoms with Crippen LogP contribution in [0.25, 0.3) is 22.3 Å². The van der Waals surface area contributed by atoms with Crippen molar-refractivity contribution in [3.8, 4) is 28.6 Å². The van der Waals surface area contributed by atoms with Crippen LogP contribution >= 0.6 is 0 Å². The fourth-order valence-corrected chi connectivity index (χ4v) is 1.81. The van der Waals surface area contributed by atoms with Crippen LogP contribution in [0.2, 0.25) is 0 Å². The third-order valence-corrected chi connectivity index (χ3v) is 2.65. The molecule has 2 aromatic carbocycles. The maximum Gasteiger partial charge on any atom is 0.197 e. The first-order chi connectivity index (χ1) is 11.2. The minimum Gasteiger partial charge on any atom is -0.508 e. The lowest BCUT2D eigenvalue weighted by molar-refractivity contribution is 0.452. The smallest absolute Gasteiger partial charge is 0.197 e. The lowest BCUT2D eigenvalue weighted by atomic mass is 10.1. The van der Waals surface area contributed by atoms with Crippen LogP contribution in [-0.2, 0) is 0 Å². The third kappa shape index (κ3) is 1.95. The van der Waals surface area contributed by atoms with Crippen LogP contribution in [0.4, 0.5) is 0 Å². The average molecular weight is 274 g/mol. The highest BCUT2D eigenvalue weighted by molar-refractivity contribution is 5.85. The van der Waals surface area contributed by atoms with E-state index >= 15 is 0 Å². The van der Waals surface area contributed by atoms with Gasteiger partial charge in [0.2, 0.25) is 0 Å². The van der Waals surface area contributed by atoms with E-state index in [2.05, 4.69) is 0 Å². The van der Waals surface area contributed by atoms with Crippen molar-refractivity contribution in [3.63, 3.8) is 0 Å². The van der Waals surface area contributed by atoms with Crippen LogP contribution in [-0.4, -0.2) is 15.3 Å². The van der Waals surface area contributed by atoms with Crippen molar-refractivity contribution in [1.82, 2.24) is 0 Å². The van der Waals surface area contributed by atoms with Crippen molar-refractivity contribution in [2.24, 2.45) is 0 Å². The molecule has 0 radical (unpaired) electrons. The summed E-state index contributed by atoms with van der Waals surface area (Å²) >= 11 is 0. The molecule has 3 rings (SSSR count). The highest BCUT2D eigenvalue weighted by Gasteiger charge is 2.11. The number of phenols is 3. The van der Waals surface area contributed by atoms with Gasteiger partial charge in [-0.05, 0) is 24.2 Å². The van der Waals surface area contributed by atoms with E-state index in [0.29, 0.717) is 0 Å². The summed E-state index contributed by atoms with van der Waals surface area (Å²) in [6, 6.07) is 0.451. The van der Waals surface area contributed by atoms with E-state index in [4.69, 9.17) is 9.90 Å². The van der Waals surface area contributed by atoms with Crippen molar-refractivity contribution in [3.05, 3.63) is 52.6 Å². The van der Waals surface area contributed by atoms with Crippen molar-refractivity contribution < 1.29 is 25.2 Å². The largest absolute Gasteiger partial charge is 0.508 e. The number of rotatable bonds is 1. The molecule has 3 N–H and O–H groups in total. The van der Waals surface area contributed by atoms with E-state index in [1.165, 1.54) is 0 Å². The molecule has 0 atom stereocenters. The molecule has 1 aromatic heterocycles. The summed E-state index contributed by atoms with van der Waals surface area (Å²) in [6.07, 6.45) is 0. The van der Waals surface area contributed by atoms with E-state index in [1.54, 1.807) is 0 Å². The van der Waals surface area contributed by atoms with Crippen molar-refractivity contribution >= 4 is 11.0 Å². The minimum atomic E-state index is -0.813. The molecule has 0 aliphatic rings. The molecule has 20 heavy (non-hydrogen) atoms. The summed E-state index contributed by atoms with van der Waals surface area (Å²) in [4.78, 5) is 12.2. The molecule has 0 aliphatic carbocycles. The first-order valence-corrected chi connectivity index (χ1v) is 5.52. The Labute approximate surface area is 118 Å². The van der Waals surface area contributed by atoms with Gasteiger partial charge in [0, 0.05) is 23.8 Å².